The highest BCUT2D eigenvalue weighted by Crippen LogP contribution is 2.30. The van der Waals surface area contributed by atoms with E-state index in [1.165, 1.54) is 17.2 Å². The molecule has 4 rings (SSSR count). The standard InChI is InChI=1S/C21H21N3O2S/c1-14-3-8-18-19(13-14)27-21(22-18)24-11-9-23(10-12-24)20(26)17-6-4-16(5-7-17)15(2)25/h3-8,13H,9-12H2,1-2H3. The van der Waals surface area contributed by atoms with Crippen molar-refractivity contribution in [1.29, 1.82) is 0 Å². The zero-order valence-corrected chi connectivity index (χ0v) is 16.3. The Hall–Kier alpha value is -2.73. The summed E-state index contributed by atoms with van der Waals surface area (Å²) < 4.78 is 1.20. The molecule has 1 aliphatic heterocycles. The Morgan fingerprint density at radius 3 is 2.30 bits per heavy atom. The largest absolute Gasteiger partial charge is 0.345 e. The van der Waals surface area contributed by atoms with Crippen LogP contribution in [0.1, 0.15) is 33.2 Å². The number of fused-ring (bicyclic) bond motifs is 1. The van der Waals surface area contributed by atoms with Crippen LogP contribution >= 0.6 is 11.3 Å². The number of ketones is 1. The normalized spacial score (nSPS) is 14.6. The molecule has 0 N–H and O–H groups in total. The fraction of sp³-hybridized carbons (Fsp3) is 0.286. The number of carbonyl (C=O) groups is 2. The van der Waals surface area contributed by atoms with Crippen molar-refractivity contribution in [2.45, 2.75) is 13.8 Å². The second kappa shape index (κ2) is 7.12. The summed E-state index contributed by atoms with van der Waals surface area (Å²) in [6, 6.07) is 13.2. The quantitative estimate of drug-likeness (QED) is 0.650. The first-order valence-corrected chi connectivity index (χ1v) is 9.85. The fourth-order valence-electron chi connectivity index (χ4n) is 3.29. The molecule has 1 amide bonds. The highest BCUT2D eigenvalue weighted by atomic mass is 32.1. The number of hydrogen-bond acceptors (Lipinski definition) is 5. The molecule has 0 spiro atoms. The van der Waals surface area contributed by atoms with Gasteiger partial charge in [0.1, 0.15) is 0 Å². The van der Waals surface area contributed by atoms with E-state index in [1.807, 2.05) is 4.90 Å². The number of aryl methyl sites for hydroxylation is 1. The first kappa shape index (κ1) is 17.7. The Morgan fingerprint density at radius 2 is 1.63 bits per heavy atom. The van der Waals surface area contributed by atoms with Crippen LogP contribution in [-0.4, -0.2) is 47.8 Å². The summed E-state index contributed by atoms with van der Waals surface area (Å²) in [5, 5.41) is 1.02. The van der Waals surface area contributed by atoms with Crippen LogP contribution < -0.4 is 4.90 Å². The van der Waals surface area contributed by atoms with Gasteiger partial charge in [-0.05, 0) is 43.7 Å². The van der Waals surface area contributed by atoms with Gasteiger partial charge in [0.25, 0.3) is 5.91 Å². The SMILES string of the molecule is CC(=O)c1ccc(C(=O)N2CCN(c3nc4ccc(C)cc4s3)CC2)cc1. The molecular formula is C21H21N3O2S. The molecule has 138 valence electrons. The molecule has 0 unspecified atom stereocenters. The lowest BCUT2D eigenvalue weighted by Gasteiger charge is -2.34. The maximum Gasteiger partial charge on any atom is 0.253 e. The predicted molar refractivity (Wildman–Crippen MR) is 109 cm³/mol. The van der Waals surface area contributed by atoms with Crippen LogP contribution in [0.5, 0.6) is 0 Å². The number of thiazole rings is 1. The second-order valence-corrected chi connectivity index (χ2v) is 7.89. The number of rotatable bonds is 3. The first-order valence-electron chi connectivity index (χ1n) is 9.04. The van der Waals surface area contributed by atoms with Crippen molar-refractivity contribution in [2.75, 3.05) is 31.1 Å². The lowest BCUT2D eigenvalue weighted by molar-refractivity contribution is 0.0746. The molecule has 0 atom stereocenters. The number of carbonyl (C=O) groups excluding carboxylic acids is 2. The second-order valence-electron chi connectivity index (χ2n) is 6.88. The molecular weight excluding hydrogens is 358 g/mol. The number of Topliss-reactive ketones (excluding diaryl/α,β-unsaturated/α-hetero) is 1. The first-order chi connectivity index (χ1) is 13.0. The highest BCUT2D eigenvalue weighted by molar-refractivity contribution is 7.22. The highest BCUT2D eigenvalue weighted by Gasteiger charge is 2.24. The van der Waals surface area contributed by atoms with Crippen LogP contribution in [0.25, 0.3) is 10.2 Å². The summed E-state index contributed by atoms with van der Waals surface area (Å²) in [5.41, 5.74) is 3.53. The number of amides is 1. The number of hydrogen-bond donors (Lipinski definition) is 0. The molecule has 1 fully saturated rings. The fourth-order valence-corrected chi connectivity index (χ4v) is 4.40. The monoisotopic (exact) mass is 379 g/mol. The molecule has 2 aromatic carbocycles. The van der Waals surface area contributed by atoms with Gasteiger partial charge >= 0.3 is 0 Å². The molecule has 0 bridgehead atoms. The van der Waals surface area contributed by atoms with Crippen molar-refractivity contribution in [1.82, 2.24) is 9.88 Å². The lowest BCUT2D eigenvalue weighted by Crippen LogP contribution is -2.48. The molecule has 1 saturated heterocycles. The Kier molecular flexibility index (Phi) is 4.66. The third-order valence-corrected chi connectivity index (χ3v) is 5.99. The van der Waals surface area contributed by atoms with Gasteiger partial charge in [-0.25, -0.2) is 4.98 Å². The Labute approximate surface area is 162 Å². The molecule has 1 aliphatic rings. The number of nitrogens with zero attached hydrogens (tertiary/aromatic N) is 3. The van der Waals surface area contributed by atoms with Gasteiger partial charge in [0, 0.05) is 37.3 Å². The average Bonchev–Trinajstić information content (AvgIpc) is 3.11. The van der Waals surface area contributed by atoms with Gasteiger partial charge < -0.3 is 9.80 Å². The maximum absolute atomic E-state index is 12.7. The Morgan fingerprint density at radius 1 is 0.963 bits per heavy atom. The van der Waals surface area contributed by atoms with Gasteiger partial charge in [0.05, 0.1) is 10.2 Å². The van der Waals surface area contributed by atoms with Crippen LogP contribution in [0, 0.1) is 6.92 Å². The minimum Gasteiger partial charge on any atom is -0.345 e. The van der Waals surface area contributed by atoms with Crippen LogP contribution in [0.2, 0.25) is 0 Å². The van der Waals surface area contributed by atoms with Gasteiger partial charge in [-0.2, -0.15) is 0 Å². The number of anilines is 1. The van der Waals surface area contributed by atoms with Gasteiger partial charge in [-0.1, -0.05) is 29.5 Å². The Balaban J connectivity index is 1.43. The van der Waals surface area contributed by atoms with E-state index in [1.54, 1.807) is 35.6 Å². The van der Waals surface area contributed by atoms with E-state index in [4.69, 9.17) is 4.98 Å². The van der Waals surface area contributed by atoms with Crippen LogP contribution in [0.3, 0.4) is 0 Å². The molecule has 5 nitrogen and oxygen atoms in total. The number of benzene rings is 2. The van der Waals surface area contributed by atoms with E-state index in [2.05, 4.69) is 30.0 Å². The minimum atomic E-state index is 0.00800. The zero-order valence-electron chi connectivity index (χ0n) is 15.4. The van der Waals surface area contributed by atoms with Gasteiger partial charge in [-0.3, -0.25) is 9.59 Å². The van der Waals surface area contributed by atoms with E-state index in [9.17, 15) is 9.59 Å². The van der Waals surface area contributed by atoms with Crippen molar-refractivity contribution in [3.05, 3.63) is 59.2 Å². The van der Waals surface area contributed by atoms with Crippen LogP contribution in [-0.2, 0) is 0 Å². The average molecular weight is 379 g/mol. The number of aromatic nitrogens is 1. The van der Waals surface area contributed by atoms with Crippen molar-refractivity contribution in [3.8, 4) is 0 Å². The summed E-state index contributed by atoms with van der Waals surface area (Å²) in [5.74, 6) is 0.0262. The summed E-state index contributed by atoms with van der Waals surface area (Å²) in [6.07, 6.45) is 0. The van der Waals surface area contributed by atoms with Gasteiger partial charge in [0.15, 0.2) is 10.9 Å². The van der Waals surface area contributed by atoms with E-state index in [0.717, 1.165) is 23.7 Å². The third-order valence-electron chi connectivity index (χ3n) is 4.91. The van der Waals surface area contributed by atoms with Gasteiger partial charge in [-0.15, -0.1) is 0 Å². The summed E-state index contributed by atoms with van der Waals surface area (Å²) in [4.78, 5) is 33.0. The smallest absolute Gasteiger partial charge is 0.253 e. The molecule has 3 aromatic rings. The van der Waals surface area contributed by atoms with Crippen molar-refractivity contribution < 1.29 is 9.59 Å². The van der Waals surface area contributed by atoms with Crippen molar-refractivity contribution >= 4 is 38.4 Å². The topological polar surface area (TPSA) is 53.5 Å². The maximum atomic E-state index is 12.7. The molecule has 0 radical (unpaired) electrons. The Bertz CT molecular complexity index is 1000. The van der Waals surface area contributed by atoms with Crippen molar-refractivity contribution in [3.63, 3.8) is 0 Å². The van der Waals surface area contributed by atoms with Crippen LogP contribution in [0.15, 0.2) is 42.5 Å². The molecule has 0 saturated carbocycles. The molecule has 27 heavy (non-hydrogen) atoms. The van der Waals surface area contributed by atoms with E-state index < -0.39 is 0 Å². The van der Waals surface area contributed by atoms with Gasteiger partial charge in [0.2, 0.25) is 0 Å². The molecule has 2 heterocycles. The van der Waals surface area contributed by atoms with Crippen LogP contribution in [0.4, 0.5) is 5.13 Å². The summed E-state index contributed by atoms with van der Waals surface area (Å²) in [7, 11) is 0. The summed E-state index contributed by atoms with van der Waals surface area (Å²) in [6.45, 7) is 6.50. The number of piperazine rings is 1. The zero-order chi connectivity index (χ0) is 19.0. The lowest BCUT2D eigenvalue weighted by atomic mass is 10.1. The predicted octanol–water partition coefficient (Wildman–Crippen LogP) is 3.77. The molecule has 1 aromatic heterocycles. The van der Waals surface area contributed by atoms with E-state index in [-0.39, 0.29) is 11.7 Å². The third kappa shape index (κ3) is 3.57. The molecule has 0 aliphatic carbocycles. The minimum absolute atomic E-state index is 0.00800. The van der Waals surface area contributed by atoms with E-state index in [0.29, 0.717) is 24.2 Å². The molecule has 6 heteroatoms. The summed E-state index contributed by atoms with van der Waals surface area (Å²) >= 11 is 1.71. The van der Waals surface area contributed by atoms with E-state index >= 15 is 0 Å². The van der Waals surface area contributed by atoms with Crippen molar-refractivity contribution in [2.24, 2.45) is 0 Å².